The van der Waals surface area contributed by atoms with Gasteiger partial charge in [0.25, 0.3) is 0 Å². The molecule has 6 rings (SSSR count). The summed E-state index contributed by atoms with van der Waals surface area (Å²) in [5.41, 5.74) is 0. The monoisotopic (exact) mass is 1090 g/mol. The molecule has 0 N–H and O–H groups in total. The second kappa shape index (κ2) is 38.8. The molecule has 0 saturated carbocycles. The minimum absolute atomic E-state index is 0.101. The third-order valence-corrected chi connectivity index (χ3v) is 17.6. The summed E-state index contributed by atoms with van der Waals surface area (Å²) in [5.74, 6) is -0.935. The molecule has 0 amide bonds. The first-order valence-electron chi connectivity index (χ1n) is 33.3. The van der Waals surface area contributed by atoms with Gasteiger partial charge in [0.05, 0.1) is 73.2 Å². The van der Waals surface area contributed by atoms with E-state index < -0.39 is 6.10 Å². The van der Waals surface area contributed by atoms with Gasteiger partial charge in [-0.3, -0.25) is 14.4 Å². The molecule has 0 aliphatic carbocycles. The van der Waals surface area contributed by atoms with Crippen LogP contribution in [0.3, 0.4) is 0 Å². The van der Waals surface area contributed by atoms with Crippen LogP contribution in [0.15, 0.2) is 0 Å². The van der Waals surface area contributed by atoms with E-state index in [9.17, 15) is 14.4 Å². The summed E-state index contributed by atoms with van der Waals surface area (Å²) in [4.78, 5) is 38.5. The number of ether oxygens (including phenoxy) is 9. The van der Waals surface area contributed by atoms with Crippen LogP contribution in [-0.2, 0) is 57.0 Å². The molecule has 446 valence electrons. The second-order valence-corrected chi connectivity index (χ2v) is 24.7. The zero-order valence-corrected chi connectivity index (χ0v) is 49.4. The number of epoxide rings is 6. The molecular formula is C65H114O12. The number of rotatable bonds is 55. The van der Waals surface area contributed by atoms with Gasteiger partial charge in [0, 0.05) is 38.5 Å². The number of carbonyl (C=O) groups excluding carboxylic acids is 3. The van der Waals surface area contributed by atoms with Crippen LogP contribution in [-0.4, -0.2) is 110 Å². The van der Waals surface area contributed by atoms with Crippen molar-refractivity contribution in [2.24, 2.45) is 0 Å². The topological polar surface area (TPSA) is 154 Å². The minimum atomic E-state index is -0.807. The molecule has 6 saturated heterocycles. The van der Waals surface area contributed by atoms with Gasteiger partial charge in [0.15, 0.2) is 6.10 Å². The second-order valence-electron chi connectivity index (χ2n) is 24.7. The van der Waals surface area contributed by atoms with E-state index in [2.05, 4.69) is 20.8 Å². The van der Waals surface area contributed by atoms with Gasteiger partial charge in [-0.25, -0.2) is 0 Å². The molecule has 6 fully saturated rings. The van der Waals surface area contributed by atoms with Gasteiger partial charge in [0.1, 0.15) is 13.2 Å². The third-order valence-electron chi connectivity index (χ3n) is 17.6. The van der Waals surface area contributed by atoms with E-state index in [-0.39, 0.29) is 31.1 Å². The lowest BCUT2D eigenvalue weighted by Gasteiger charge is -2.18. The van der Waals surface area contributed by atoms with Crippen LogP contribution in [0, 0.1) is 0 Å². The third kappa shape index (κ3) is 30.2. The van der Waals surface area contributed by atoms with Gasteiger partial charge in [-0.05, 0) is 57.8 Å². The van der Waals surface area contributed by atoms with Crippen LogP contribution >= 0.6 is 0 Å². The predicted octanol–water partition coefficient (Wildman–Crippen LogP) is 15.8. The lowest BCUT2D eigenvalue weighted by molar-refractivity contribution is -0.167. The van der Waals surface area contributed by atoms with E-state index in [1.807, 2.05) is 0 Å². The molecule has 0 aromatic carbocycles. The van der Waals surface area contributed by atoms with Gasteiger partial charge in [-0.15, -0.1) is 0 Å². The quantitative estimate of drug-likeness (QED) is 0.0246. The van der Waals surface area contributed by atoms with E-state index in [1.54, 1.807) is 0 Å². The van der Waals surface area contributed by atoms with Gasteiger partial charge in [0.2, 0.25) is 0 Å². The highest BCUT2D eigenvalue weighted by atomic mass is 16.6. The van der Waals surface area contributed by atoms with Crippen molar-refractivity contribution in [3.8, 4) is 0 Å². The molecule has 0 bridgehead atoms. The summed E-state index contributed by atoms with van der Waals surface area (Å²) in [7, 11) is 0. The van der Waals surface area contributed by atoms with Crippen molar-refractivity contribution < 1.29 is 57.0 Å². The zero-order valence-electron chi connectivity index (χ0n) is 49.4. The highest BCUT2D eigenvalue weighted by Gasteiger charge is 2.51. The van der Waals surface area contributed by atoms with Gasteiger partial charge < -0.3 is 42.6 Å². The molecule has 6 aliphatic heterocycles. The average molecular weight is 1090 g/mol. The molecule has 12 nitrogen and oxygen atoms in total. The summed E-state index contributed by atoms with van der Waals surface area (Å²) >= 11 is 0. The fraction of sp³-hybridized carbons (Fsp3) is 0.954. The molecule has 13 unspecified atom stereocenters. The lowest BCUT2D eigenvalue weighted by Crippen LogP contribution is -2.30. The Balaban J connectivity index is 0.734. The van der Waals surface area contributed by atoms with E-state index in [4.69, 9.17) is 42.6 Å². The molecule has 6 heterocycles. The first kappa shape index (κ1) is 64.3. The SMILES string of the molecule is CCCCCCCCC1OC1CCCCCCCCCCCCCCCC(=O)OC(COC(=O)CCCCCCCC1OC1CC1OC1CCCCC)COC(=O)CCCCCCCC1OC1CC1OC1CC1OC1CC. The molecule has 13 atom stereocenters. The van der Waals surface area contributed by atoms with Crippen molar-refractivity contribution in [3.05, 3.63) is 0 Å². The summed E-state index contributed by atoms with van der Waals surface area (Å²) < 4.78 is 52.2. The number of esters is 3. The van der Waals surface area contributed by atoms with Crippen LogP contribution in [0.4, 0.5) is 0 Å². The van der Waals surface area contributed by atoms with Crippen molar-refractivity contribution in [2.45, 2.75) is 383 Å². The largest absolute Gasteiger partial charge is 0.462 e. The Labute approximate surface area is 469 Å². The highest BCUT2D eigenvalue weighted by molar-refractivity contribution is 5.71. The molecule has 0 radical (unpaired) electrons. The molecule has 0 spiro atoms. The Morgan fingerprint density at radius 3 is 0.909 bits per heavy atom. The Kier molecular flexibility index (Phi) is 32.4. The zero-order chi connectivity index (χ0) is 54.1. The molecule has 12 heteroatoms. The maximum atomic E-state index is 13.0. The van der Waals surface area contributed by atoms with Crippen molar-refractivity contribution in [2.75, 3.05) is 13.2 Å². The standard InChI is InChI=1S/C65H114O12/c1-4-7-9-10-22-30-38-52-53(73-52)39-31-23-18-16-14-12-11-13-15-17-19-26-36-44-65(68)71-50(48-69-63(66)42-34-27-20-24-32-40-55-59(75-55)46-58-54(74-58)37-29-8-5-2)49-70-64(67)43-35-28-21-25-33-41-56-60(76-56)47-62-61(77-62)45-57-51(6-3)72-57/h50-62H,4-49H2,1-3H3. The van der Waals surface area contributed by atoms with Gasteiger partial charge in [-0.1, -0.05) is 207 Å². The number of hydrogen-bond acceptors (Lipinski definition) is 12. The lowest BCUT2D eigenvalue weighted by atomic mass is 10.0. The van der Waals surface area contributed by atoms with Crippen LogP contribution in [0.1, 0.15) is 303 Å². The normalized spacial score (nSPS) is 27.8. The first-order valence-corrected chi connectivity index (χ1v) is 33.3. The molecule has 77 heavy (non-hydrogen) atoms. The van der Waals surface area contributed by atoms with E-state index in [1.165, 1.54) is 141 Å². The van der Waals surface area contributed by atoms with Crippen LogP contribution in [0.5, 0.6) is 0 Å². The maximum Gasteiger partial charge on any atom is 0.306 e. The fourth-order valence-corrected chi connectivity index (χ4v) is 12.1. The molecule has 0 aromatic heterocycles. The Morgan fingerprint density at radius 2 is 0.545 bits per heavy atom. The summed E-state index contributed by atoms with van der Waals surface area (Å²) in [6.07, 6.45) is 53.5. The van der Waals surface area contributed by atoms with Crippen molar-refractivity contribution in [3.63, 3.8) is 0 Å². The van der Waals surface area contributed by atoms with E-state index >= 15 is 0 Å². The molecule has 6 aliphatic rings. The fourth-order valence-electron chi connectivity index (χ4n) is 12.1. The minimum Gasteiger partial charge on any atom is -0.462 e. The predicted molar refractivity (Wildman–Crippen MR) is 304 cm³/mol. The van der Waals surface area contributed by atoms with Gasteiger partial charge >= 0.3 is 17.9 Å². The maximum absolute atomic E-state index is 13.0. The highest BCUT2D eigenvalue weighted by Crippen LogP contribution is 2.43. The Hall–Kier alpha value is -1.83. The number of unbranched alkanes of at least 4 members (excludes halogenated alkanes) is 27. The van der Waals surface area contributed by atoms with Crippen molar-refractivity contribution >= 4 is 17.9 Å². The Bertz CT molecular complexity index is 1560. The van der Waals surface area contributed by atoms with Crippen LogP contribution in [0.25, 0.3) is 0 Å². The number of hydrogen-bond donors (Lipinski definition) is 0. The van der Waals surface area contributed by atoms with Gasteiger partial charge in [-0.2, -0.15) is 0 Å². The van der Waals surface area contributed by atoms with Crippen LogP contribution in [0.2, 0.25) is 0 Å². The first-order chi connectivity index (χ1) is 37.8. The summed E-state index contributed by atoms with van der Waals surface area (Å²) in [5, 5.41) is 0. The molecular weight excluding hydrogens is 973 g/mol. The van der Waals surface area contributed by atoms with Crippen molar-refractivity contribution in [1.29, 1.82) is 0 Å². The summed E-state index contributed by atoms with van der Waals surface area (Å²) in [6.45, 7) is 6.49. The smallest absolute Gasteiger partial charge is 0.306 e. The molecule has 0 aromatic rings. The van der Waals surface area contributed by atoms with Crippen molar-refractivity contribution in [1.82, 2.24) is 0 Å². The Morgan fingerprint density at radius 1 is 0.299 bits per heavy atom. The summed E-state index contributed by atoms with van der Waals surface area (Å²) in [6, 6.07) is 0. The number of carbonyl (C=O) groups is 3. The van der Waals surface area contributed by atoms with E-state index in [0.717, 1.165) is 122 Å². The van der Waals surface area contributed by atoms with E-state index in [0.29, 0.717) is 92.5 Å². The average Bonchev–Trinajstić information content (AvgIpc) is 4.17. The van der Waals surface area contributed by atoms with Crippen LogP contribution < -0.4 is 0 Å².